The van der Waals surface area contributed by atoms with E-state index in [1.54, 1.807) is 0 Å². The van der Waals surface area contributed by atoms with Crippen molar-refractivity contribution in [1.82, 2.24) is 14.1 Å². The van der Waals surface area contributed by atoms with Gasteiger partial charge < -0.3 is 14.5 Å². The molecule has 0 N–H and O–H groups in total. The Kier molecular flexibility index (Phi) is 24.0. The lowest BCUT2D eigenvalue weighted by atomic mass is 10.1. The molecule has 0 spiro atoms. The SMILES string of the molecule is Cc1ccc(N(c2ccc(C)cc2)c2ccc(C=Cc3ccc(C=Cc4ccc(N(c5ccc(C)cc5)c5cccc(C)c5)cc4)cc3)cc2)cc1.c1cc(-n2c3ccccc3c3ccccc32)nc(-n2c3ccccc3c3ccccc32)c1.c1ccc(P(c2ccccc2)c2ccccc2Oc2ccccc2P(c2ccccc2)c2ccccc2)cc1. The van der Waals surface area contributed by atoms with Gasteiger partial charge in [0.1, 0.15) is 23.1 Å². The van der Waals surface area contributed by atoms with Gasteiger partial charge in [0.2, 0.25) is 0 Å². The Morgan fingerprint density at radius 1 is 0.228 bits per heavy atom. The van der Waals surface area contributed by atoms with Crippen LogP contribution in [0.25, 0.3) is 79.6 Å². The van der Waals surface area contributed by atoms with E-state index in [0.29, 0.717) is 0 Å². The van der Waals surface area contributed by atoms with Crippen LogP contribution in [0.4, 0.5) is 34.1 Å². The lowest BCUT2D eigenvalue weighted by Crippen LogP contribution is -2.23. The van der Waals surface area contributed by atoms with Crippen LogP contribution in [0.15, 0.2) is 455 Å². The largest absolute Gasteiger partial charge is 0.456 e. The average Bonchev–Trinajstić information content (AvgIpc) is 1.59. The van der Waals surface area contributed by atoms with Crippen molar-refractivity contribution < 1.29 is 4.74 Å². The van der Waals surface area contributed by atoms with E-state index < -0.39 is 15.8 Å². The number of nitrogens with zero attached hydrogens (tertiary/aromatic N) is 5. The van der Waals surface area contributed by atoms with Crippen molar-refractivity contribution in [2.24, 2.45) is 0 Å². The maximum atomic E-state index is 6.92. The highest BCUT2D eigenvalue weighted by atomic mass is 31.1. The number of hydrogen-bond donors (Lipinski definition) is 0. The lowest BCUT2D eigenvalue weighted by molar-refractivity contribution is 0.490. The van der Waals surface area contributed by atoms with Crippen LogP contribution < -0.4 is 46.4 Å². The molecule has 17 aromatic carbocycles. The zero-order valence-electron chi connectivity index (χ0n) is 69.1. The molecule has 0 aliphatic rings. The van der Waals surface area contributed by atoms with Gasteiger partial charge in [-0.05, 0) is 214 Å². The summed E-state index contributed by atoms with van der Waals surface area (Å²) in [5.74, 6) is 3.64. The first-order chi connectivity index (χ1) is 60.7. The standard InChI is InChI=1S/C50H44N2.C36H28OP2.C29H19N3/c1-37-8-26-45(27-9-37)51(46-28-10-38(2)11-29-46)48-32-22-43(23-33-48)20-18-41-14-16-42(17-15-41)19-21-44-24-34-49(35-25-44)52(47-30-12-39(3)13-31-47)50-7-5-6-40(4)36-50;1-5-17-29(18-6-1)38(30-19-7-2-8-20-30)35-27-15-13-25-33(35)37-34-26-14-16-28-36(34)39(31-21-9-3-10-22-31)32-23-11-4-12-24-32;1-5-14-24-20(10-1)21-11-2-6-15-25(21)31(24)28-18-9-19-29(30-28)32-26-16-7-3-12-22(26)23-13-4-8-17-27(23)32/h5-36H,1-4H3;1-28H;1-19H. The molecule has 3 aromatic heterocycles. The number of aromatic nitrogens is 3. The molecule has 3 heterocycles. The summed E-state index contributed by atoms with van der Waals surface area (Å²) in [6.45, 7) is 8.51. The summed E-state index contributed by atoms with van der Waals surface area (Å²) in [6, 6.07) is 162. The minimum absolute atomic E-state index is 0.795. The molecule has 0 bridgehead atoms. The zero-order chi connectivity index (χ0) is 83.2. The molecule has 0 atom stereocenters. The third kappa shape index (κ3) is 17.9. The summed E-state index contributed by atoms with van der Waals surface area (Å²) in [7, 11) is -1.59. The number of para-hydroxylation sites is 6. The molecule has 0 aliphatic heterocycles. The first-order valence-electron chi connectivity index (χ1n) is 41.8. The smallest absolute Gasteiger partial charge is 0.140 e. The Labute approximate surface area is 723 Å². The Morgan fingerprint density at radius 2 is 0.488 bits per heavy atom. The molecule has 20 aromatic rings. The van der Waals surface area contributed by atoms with Gasteiger partial charge >= 0.3 is 0 Å². The average molecular weight is 1620 g/mol. The van der Waals surface area contributed by atoms with Crippen molar-refractivity contribution >= 4 is 150 Å². The number of rotatable bonds is 20. The van der Waals surface area contributed by atoms with Gasteiger partial charge in [-0.3, -0.25) is 9.13 Å². The molecular formula is C115H91N5OP2. The summed E-state index contributed by atoms with van der Waals surface area (Å²) in [4.78, 5) is 9.80. The summed E-state index contributed by atoms with van der Waals surface area (Å²) < 4.78 is 11.5. The van der Waals surface area contributed by atoms with Crippen LogP contribution in [-0.2, 0) is 0 Å². The molecule has 8 heteroatoms. The third-order valence-corrected chi connectivity index (χ3v) is 27.1. The van der Waals surface area contributed by atoms with E-state index in [2.05, 4.69) is 526 Å². The maximum absolute atomic E-state index is 6.92. The van der Waals surface area contributed by atoms with Crippen LogP contribution in [0, 0.1) is 27.7 Å². The molecule has 123 heavy (non-hydrogen) atoms. The van der Waals surface area contributed by atoms with Crippen molar-refractivity contribution in [2.45, 2.75) is 27.7 Å². The highest BCUT2D eigenvalue weighted by Crippen LogP contribution is 2.43. The topological polar surface area (TPSA) is 38.5 Å². The van der Waals surface area contributed by atoms with Crippen LogP contribution in [0.2, 0.25) is 0 Å². The predicted molar refractivity (Wildman–Crippen MR) is 529 cm³/mol. The molecule has 592 valence electrons. The second kappa shape index (κ2) is 37.3. The molecule has 20 rings (SSSR count). The van der Waals surface area contributed by atoms with E-state index in [0.717, 1.165) is 68.4 Å². The molecule has 6 nitrogen and oxygen atoms in total. The van der Waals surface area contributed by atoms with Crippen LogP contribution in [0.3, 0.4) is 0 Å². The molecule has 0 radical (unpaired) electrons. The van der Waals surface area contributed by atoms with E-state index >= 15 is 0 Å². The first-order valence-corrected chi connectivity index (χ1v) is 44.5. The quantitative estimate of drug-likeness (QED) is 0.0563. The lowest BCUT2D eigenvalue weighted by Gasteiger charge is -2.26. The zero-order valence-corrected chi connectivity index (χ0v) is 70.9. The van der Waals surface area contributed by atoms with Crippen molar-refractivity contribution in [3.8, 4) is 23.1 Å². The molecule has 0 aliphatic carbocycles. The molecular weight excluding hydrogens is 1530 g/mol. The Balaban J connectivity index is 0.000000130. The van der Waals surface area contributed by atoms with E-state index in [9.17, 15) is 0 Å². The van der Waals surface area contributed by atoms with Gasteiger partial charge in [0, 0.05) is 66.3 Å². The fraction of sp³-hybridized carbons (Fsp3) is 0.0348. The van der Waals surface area contributed by atoms with Gasteiger partial charge in [0.15, 0.2) is 0 Å². The van der Waals surface area contributed by atoms with Gasteiger partial charge in [0.25, 0.3) is 0 Å². The van der Waals surface area contributed by atoms with Crippen molar-refractivity contribution in [1.29, 1.82) is 0 Å². The van der Waals surface area contributed by atoms with Crippen LogP contribution >= 0.6 is 15.8 Å². The van der Waals surface area contributed by atoms with Crippen molar-refractivity contribution in [3.05, 3.63) is 499 Å². The third-order valence-electron chi connectivity index (χ3n) is 22.1. The fourth-order valence-corrected chi connectivity index (χ4v) is 20.8. The predicted octanol–water partition coefficient (Wildman–Crippen LogP) is 28.5. The second-order valence-electron chi connectivity index (χ2n) is 30.7. The minimum atomic E-state index is -0.795. The fourth-order valence-electron chi connectivity index (χ4n) is 16.1. The summed E-state index contributed by atoms with van der Waals surface area (Å²) in [5.41, 5.74) is 21.2. The number of aryl methyl sites for hydroxylation is 4. The maximum Gasteiger partial charge on any atom is 0.140 e. The van der Waals surface area contributed by atoms with E-state index in [4.69, 9.17) is 9.72 Å². The van der Waals surface area contributed by atoms with Gasteiger partial charge in [-0.1, -0.05) is 375 Å². The van der Waals surface area contributed by atoms with Gasteiger partial charge in [-0.2, -0.15) is 0 Å². The van der Waals surface area contributed by atoms with Crippen LogP contribution in [-0.4, -0.2) is 14.1 Å². The molecule has 0 fully saturated rings. The van der Waals surface area contributed by atoms with Gasteiger partial charge in [-0.15, -0.1) is 0 Å². The second-order valence-corrected chi connectivity index (χ2v) is 35.0. The number of hydrogen-bond acceptors (Lipinski definition) is 4. The Morgan fingerprint density at radius 3 is 0.805 bits per heavy atom. The number of anilines is 6. The normalized spacial score (nSPS) is 11.3. The van der Waals surface area contributed by atoms with Gasteiger partial charge in [-0.25, -0.2) is 4.98 Å². The Bertz CT molecular complexity index is 6550. The first kappa shape index (κ1) is 79.4. The number of ether oxygens (including phenoxy) is 1. The minimum Gasteiger partial charge on any atom is -0.456 e. The van der Waals surface area contributed by atoms with E-state index in [1.165, 1.54) is 109 Å². The summed E-state index contributed by atoms with van der Waals surface area (Å²) in [5, 5.41) is 12.6. The monoisotopic (exact) mass is 1620 g/mol. The van der Waals surface area contributed by atoms with Crippen molar-refractivity contribution in [2.75, 3.05) is 9.80 Å². The molecule has 0 amide bonds. The van der Waals surface area contributed by atoms with Crippen molar-refractivity contribution in [3.63, 3.8) is 0 Å². The summed E-state index contributed by atoms with van der Waals surface area (Å²) in [6.07, 6.45) is 8.70. The number of benzene rings is 17. The highest BCUT2D eigenvalue weighted by Gasteiger charge is 2.26. The number of fused-ring (bicyclic) bond motifs is 6. The van der Waals surface area contributed by atoms with Gasteiger partial charge in [0.05, 0.1) is 22.1 Å². The summed E-state index contributed by atoms with van der Waals surface area (Å²) >= 11 is 0. The highest BCUT2D eigenvalue weighted by molar-refractivity contribution is 7.80. The molecule has 0 saturated heterocycles. The number of pyridine rings is 1. The van der Waals surface area contributed by atoms with E-state index in [1.807, 2.05) is 0 Å². The van der Waals surface area contributed by atoms with Crippen LogP contribution in [0.1, 0.15) is 44.5 Å². The van der Waals surface area contributed by atoms with E-state index in [-0.39, 0.29) is 0 Å². The van der Waals surface area contributed by atoms with Crippen LogP contribution in [0.5, 0.6) is 11.5 Å². The Hall–Kier alpha value is -14.8. The molecule has 0 saturated carbocycles. The molecule has 0 unspecified atom stereocenters.